The zero-order valence-electron chi connectivity index (χ0n) is 36.6. The summed E-state index contributed by atoms with van der Waals surface area (Å²) in [6.07, 6.45) is 42.2. The van der Waals surface area contributed by atoms with Gasteiger partial charge in [-0.05, 0) is 32.1 Å². The molecular formula is C47H87NO7. The van der Waals surface area contributed by atoms with Crippen LogP contribution in [-0.4, -0.2) is 75.5 Å². The molecule has 8 nitrogen and oxygen atoms in total. The molecule has 55 heavy (non-hydrogen) atoms. The van der Waals surface area contributed by atoms with Gasteiger partial charge in [0, 0.05) is 19.3 Å². The van der Waals surface area contributed by atoms with E-state index >= 15 is 0 Å². The van der Waals surface area contributed by atoms with Crippen LogP contribution in [-0.2, 0) is 28.6 Å². The minimum atomic E-state index is -1.13. The topological polar surface area (TPSA) is 102 Å². The van der Waals surface area contributed by atoms with Crippen LogP contribution >= 0.6 is 0 Å². The van der Waals surface area contributed by atoms with Gasteiger partial charge >= 0.3 is 11.9 Å². The summed E-state index contributed by atoms with van der Waals surface area (Å²) in [5.74, 6) is -1.81. The van der Waals surface area contributed by atoms with E-state index in [9.17, 15) is 19.5 Å². The number of carbonyl (C=O) groups is 3. The highest BCUT2D eigenvalue weighted by Gasteiger charge is 2.25. The molecule has 0 fully saturated rings. The van der Waals surface area contributed by atoms with E-state index in [1.54, 1.807) is 21.1 Å². The Balaban J connectivity index is 4.34. The van der Waals surface area contributed by atoms with Crippen LogP contribution in [0.15, 0.2) is 24.3 Å². The summed E-state index contributed by atoms with van der Waals surface area (Å²) < 4.78 is 17.1. The van der Waals surface area contributed by atoms with Crippen molar-refractivity contribution in [1.29, 1.82) is 0 Å². The van der Waals surface area contributed by atoms with Crippen molar-refractivity contribution in [2.75, 3.05) is 41.0 Å². The number of nitrogens with zero attached hydrogens (tertiary/aromatic N) is 1. The van der Waals surface area contributed by atoms with Crippen LogP contribution in [0.4, 0.5) is 0 Å². The number of carboxylic acids is 1. The standard InChI is InChI=1S/C47H87NO7/c1-6-8-10-12-14-16-18-20-21-22-23-24-26-28-30-32-34-36-38-46(50)55-43(41-53-40-39-44(47(51)52)48(3,4)5)42-54-45(49)37-35-33-31-29-27-25-19-17-15-13-11-9-7-2/h25,27,31,33,43-44H,6-24,26,28-30,32,34-42H2,1-5H3/b27-25+,33-31+. The van der Waals surface area contributed by atoms with E-state index in [0.717, 1.165) is 32.1 Å². The van der Waals surface area contributed by atoms with Crippen molar-refractivity contribution in [3.8, 4) is 0 Å². The van der Waals surface area contributed by atoms with Gasteiger partial charge in [-0.25, -0.2) is 0 Å². The number of aliphatic carboxylic acids is 1. The molecule has 0 aliphatic rings. The first-order valence-corrected chi connectivity index (χ1v) is 22.9. The molecule has 0 aliphatic heterocycles. The van der Waals surface area contributed by atoms with Gasteiger partial charge in [0.05, 0.1) is 40.3 Å². The highest BCUT2D eigenvalue weighted by molar-refractivity contribution is 5.70. The molecule has 0 aliphatic carbocycles. The summed E-state index contributed by atoms with van der Waals surface area (Å²) in [4.78, 5) is 36.8. The fourth-order valence-corrected chi connectivity index (χ4v) is 6.77. The number of esters is 2. The molecule has 0 amide bonds. The quantitative estimate of drug-likeness (QED) is 0.0264. The maximum atomic E-state index is 12.7. The molecule has 0 heterocycles. The summed E-state index contributed by atoms with van der Waals surface area (Å²) in [5, 5.41) is 11.6. The molecule has 0 bridgehead atoms. The molecule has 0 saturated carbocycles. The Morgan fingerprint density at radius 3 is 1.47 bits per heavy atom. The van der Waals surface area contributed by atoms with Crippen molar-refractivity contribution in [2.24, 2.45) is 0 Å². The Hall–Kier alpha value is -2.19. The van der Waals surface area contributed by atoms with Crippen molar-refractivity contribution < 1.29 is 38.2 Å². The number of allylic oxidation sites excluding steroid dienone is 4. The molecule has 0 N–H and O–H groups in total. The van der Waals surface area contributed by atoms with E-state index < -0.39 is 18.1 Å². The first kappa shape index (κ1) is 52.8. The number of ether oxygens (including phenoxy) is 3. The monoisotopic (exact) mass is 778 g/mol. The van der Waals surface area contributed by atoms with Gasteiger partial charge in [0.2, 0.25) is 0 Å². The maximum Gasteiger partial charge on any atom is 0.306 e. The lowest BCUT2D eigenvalue weighted by Gasteiger charge is -2.34. The van der Waals surface area contributed by atoms with E-state index in [-0.39, 0.29) is 49.1 Å². The van der Waals surface area contributed by atoms with Crippen LogP contribution in [0.1, 0.15) is 206 Å². The second-order valence-corrected chi connectivity index (χ2v) is 16.6. The second kappa shape index (κ2) is 38.7. The van der Waals surface area contributed by atoms with Gasteiger partial charge in [-0.15, -0.1) is 0 Å². The average molecular weight is 778 g/mol. The lowest BCUT2D eigenvalue weighted by Crippen LogP contribution is -2.55. The Bertz CT molecular complexity index is 957. The Kier molecular flexibility index (Phi) is 37.1. The zero-order chi connectivity index (χ0) is 40.7. The fourth-order valence-electron chi connectivity index (χ4n) is 6.77. The number of likely N-dealkylation sites (N-methyl/N-ethyl adjacent to an activating group) is 1. The molecule has 0 rings (SSSR count). The number of carbonyl (C=O) groups excluding carboxylic acids is 3. The van der Waals surface area contributed by atoms with Crippen LogP contribution in [0.5, 0.6) is 0 Å². The molecule has 8 heteroatoms. The van der Waals surface area contributed by atoms with Crippen molar-refractivity contribution >= 4 is 17.9 Å². The molecule has 0 radical (unpaired) electrons. The highest BCUT2D eigenvalue weighted by atomic mass is 16.6. The molecule has 0 aromatic carbocycles. The predicted molar refractivity (Wildman–Crippen MR) is 227 cm³/mol. The van der Waals surface area contributed by atoms with E-state index in [2.05, 4.69) is 32.1 Å². The Labute approximate surface area is 339 Å². The van der Waals surface area contributed by atoms with Gasteiger partial charge in [-0.3, -0.25) is 9.59 Å². The third kappa shape index (κ3) is 37.2. The summed E-state index contributed by atoms with van der Waals surface area (Å²) in [7, 11) is 5.40. The lowest BCUT2D eigenvalue weighted by atomic mass is 10.0. The van der Waals surface area contributed by atoms with Crippen LogP contribution in [0.2, 0.25) is 0 Å². The summed E-state index contributed by atoms with van der Waals surface area (Å²) in [6.45, 7) is 4.61. The lowest BCUT2D eigenvalue weighted by molar-refractivity contribution is -0.889. The molecule has 0 aromatic rings. The molecule has 322 valence electrons. The van der Waals surface area contributed by atoms with Gasteiger partial charge in [-0.1, -0.05) is 179 Å². The molecule has 0 aromatic heterocycles. The molecule has 0 spiro atoms. The molecule has 2 unspecified atom stereocenters. The predicted octanol–water partition coefficient (Wildman–Crippen LogP) is 11.1. The molecule has 2 atom stereocenters. The number of quaternary nitrogens is 1. The largest absolute Gasteiger partial charge is 0.544 e. The Morgan fingerprint density at radius 2 is 1.00 bits per heavy atom. The van der Waals surface area contributed by atoms with E-state index in [4.69, 9.17) is 14.2 Å². The minimum absolute atomic E-state index is 0.0278. The van der Waals surface area contributed by atoms with Crippen molar-refractivity contribution in [1.82, 2.24) is 0 Å². The third-order valence-electron chi connectivity index (χ3n) is 10.4. The van der Waals surface area contributed by atoms with Crippen LogP contribution in [0, 0.1) is 0 Å². The minimum Gasteiger partial charge on any atom is -0.544 e. The first-order chi connectivity index (χ1) is 26.6. The zero-order valence-corrected chi connectivity index (χ0v) is 36.6. The van der Waals surface area contributed by atoms with Crippen LogP contribution < -0.4 is 5.11 Å². The first-order valence-electron chi connectivity index (χ1n) is 22.9. The van der Waals surface area contributed by atoms with Gasteiger partial charge in [0.1, 0.15) is 12.6 Å². The third-order valence-corrected chi connectivity index (χ3v) is 10.4. The normalized spacial score (nSPS) is 13.1. The summed E-state index contributed by atoms with van der Waals surface area (Å²) in [6, 6.07) is -0.729. The summed E-state index contributed by atoms with van der Waals surface area (Å²) in [5.41, 5.74) is 0. The molecule has 0 saturated heterocycles. The fraction of sp³-hybridized carbons (Fsp3) is 0.851. The average Bonchev–Trinajstić information content (AvgIpc) is 3.14. The van der Waals surface area contributed by atoms with Gasteiger partial charge < -0.3 is 28.6 Å². The number of unbranched alkanes of at least 4 members (excludes halogenated alkanes) is 23. The van der Waals surface area contributed by atoms with E-state index in [1.165, 1.54) is 135 Å². The van der Waals surface area contributed by atoms with Crippen LogP contribution in [0.3, 0.4) is 0 Å². The highest BCUT2D eigenvalue weighted by Crippen LogP contribution is 2.15. The van der Waals surface area contributed by atoms with E-state index in [0.29, 0.717) is 12.8 Å². The molecular weight excluding hydrogens is 691 g/mol. The number of rotatable bonds is 41. The van der Waals surface area contributed by atoms with Gasteiger partial charge in [-0.2, -0.15) is 0 Å². The van der Waals surface area contributed by atoms with Gasteiger partial charge in [0.25, 0.3) is 0 Å². The second-order valence-electron chi connectivity index (χ2n) is 16.6. The smallest absolute Gasteiger partial charge is 0.306 e. The van der Waals surface area contributed by atoms with Crippen LogP contribution in [0.25, 0.3) is 0 Å². The maximum absolute atomic E-state index is 12.7. The van der Waals surface area contributed by atoms with Gasteiger partial charge in [0.15, 0.2) is 6.10 Å². The number of hydrogen-bond acceptors (Lipinski definition) is 7. The van der Waals surface area contributed by atoms with Crippen molar-refractivity contribution in [3.63, 3.8) is 0 Å². The number of hydrogen-bond donors (Lipinski definition) is 0. The van der Waals surface area contributed by atoms with Crippen molar-refractivity contribution in [3.05, 3.63) is 24.3 Å². The summed E-state index contributed by atoms with van der Waals surface area (Å²) >= 11 is 0. The van der Waals surface area contributed by atoms with Crippen molar-refractivity contribution in [2.45, 2.75) is 219 Å². The SMILES string of the molecule is CCCCCCCC/C=C/C/C=C/CCC(=O)OCC(COCCC(C(=O)[O-])[N+](C)(C)C)OC(=O)CCCCCCCCCCCCCCCCCCCC. The Morgan fingerprint density at radius 1 is 0.545 bits per heavy atom. The number of carboxylic acid groups (broad SMARTS) is 1. The van der Waals surface area contributed by atoms with E-state index in [1.807, 2.05) is 6.08 Å².